The predicted molar refractivity (Wildman–Crippen MR) is 63.0 cm³/mol. The molecule has 2 heterocycles. The number of nitrogens with one attached hydrogen (secondary N) is 2. The Morgan fingerprint density at radius 3 is 3.07 bits per heavy atom. The minimum absolute atomic E-state index is 0.589. The number of hydrogen-bond donors (Lipinski definition) is 2. The molecule has 1 aromatic heterocycles. The van der Waals surface area contributed by atoms with Crippen molar-refractivity contribution in [2.45, 2.75) is 32.9 Å². The largest absolute Gasteiger partial charge is 0.358 e. The topological polar surface area (TPSA) is 27.8 Å². The number of H-pyrrole nitrogens is 1. The molecule has 0 saturated heterocycles. The van der Waals surface area contributed by atoms with E-state index in [2.05, 4.69) is 42.3 Å². The van der Waals surface area contributed by atoms with E-state index in [1.807, 2.05) is 0 Å². The number of fused-ring (bicyclic) bond motifs is 3. The maximum atomic E-state index is 3.57. The summed E-state index contributed by atoms with van der Waals surface area (Å²) in [5, 5.41) is 4.91. The maximum absolute atomic E-state index is 3.57. The molecule has 2 N–H and O–H groups in total. The minimum Gasteiger partial charge on any atom is -0.358 e. The van der Waals surface area contributed by atoms with Crippen LogP contribution in [0, 0.1) is 6.92 Å². The number of rotatable bonds is 0. The zero-order valence-corrected chi connectivity index (χ0v) is 9.22. The van der Waals surface area contributed by atoms with E-state index in [1.165, 1.54) is 27.7 Å². The molecule has 1 atom stereocenters. The van der Waals surface area contributed by atoms with Crippen molar-refractivity contribution < 1.29 is 0 Å². The lowest BCUT2D eigenvalue weighted by Crippen LogP contribution is -2.32. The standard InChI is InChI=1S/C13H16N2/c1-8-4-3-5-10-11-7-14-9(2)6-12(11)15-13(8)10/h3-5,9,14-15H,6-7H2,1-2H3. The number of benzene rings is 1. The van der Waals surface area contributed by atoms with Crippen molar-refractivity contribution in [3.63, 3.8) is 0 Å². The van der Waals surface area contributed by atoms with Crippen LogP contribution in [0.4, 0.5) is 0 Å². The molecular formula is C13H16N2. The normalized spacial score (nSPS) is 20.5. The van der Waals surface area contributed by atoms with Crippen molar-refractivity contribution in [1.82, 2.24) is 10.3 Å². The highest BCUT2D eigenvalue weighted by Gasteiger charge is 2.19. The summed E-state index contributed by atoms with van der Waals surface area (Å²) in [6.45, 7) is 5.41. The molecule has 1 aliphatic rings. The quantitative estimate of drug-likeness (QED) is 0.672. The van der Waals surface area contributed by atoms with Gasteiger partial charge in [-0.2, -0.15) is 0 Å². The first-order valence-electron chi connectivity index (χ1n) is 5.58. The number of para-hydroxylation sites is 1. The molecule has 2 aromatic rings. The molecule has 3 rings (SSSR count). The van der Waals surface area contributed by atoms with Crippen LogP contribution in [0.15, 0.2) is 18.2 Å². The lowest BCUT2D eigenvalue weighted by atomic mass is 10.0. The van der Waals surface area contributed by atoms with Crippen LogP contribution in [0.25, 0.3) is 10.9 Å². The van der Waals surface area contributed by atoms with Gasteiger partial charge in [0.2, 0.25) is 0 Å². The first kappa shape index (κ1) is 8.98. The van der Waals surface area contributed by atoms with Gasteiger partial charge >= 0.3 is 0 Å². The Morgan fingerprint density at radius 2 is 2.20 bits per heavy atom. The Balaban J connectivity index is 2.27. The van der Waals surface area contributed by atoms with E-state index in [1.54, 1.807) is 0 Å². The molecule has 0 bridgehead atoms. The van der Waals surface area contributed by atoms with Crippen LogP contribution in [0.3, 0.4) is 0 Å². The molecule has 0 fully saturated rings. The number of aromatic amines is 1. The highest BCUT2D eigenvalue weighted by atomic mass is 14.9. The Morgan fingerprint density at radius 1 is 1.33 bits per heavy atom. The summed E-state index contributed by atoms with van der Waals surface area (Å²) in [5.74, 6) is 0. The van der Waals surface area contributed by atoms with Gasteiger partial charge in [-0.3, -0.25) is 0 Å². The molecule has 0 spiro atoms. The average molecular weight is 200 g/mol. The van der Waals surface area contributed by atoms with E-state index in [-0.39, 0.29) is 0 Å². The fourth-order valence-electron chi connectivity index (χ4n) is 2.50. The number of aryl methyl sites for hydroxylation is 1. The van der Waals surface area contributed by atoms with E-state index in [0.717, 1.165) is 13.0 Å². The van der Waals surface area contributed by atoms with Crippen LogP contribution in [0.1, 0.15) is 23.7 Å². The molecule has 0 radical (unpaired) electrons. The lowest BCUT2D eigenvalue weighted by molar-refractivity contribution is 0.511. The van der Waals surface area contributed by atoms with Gasteiger partial charge in [-0.15, -0.1) is 0 Å². The molecule has 2 heteroatoms. The van der Waals surface area contributed by atoms with E-state index in [0.29, 0.717) is 6.04 Å². The van der Waals surface area contributed by atoms with Gasteiger partial charge in [0.05, 0.1) is 0 Å². The number of hydrogen-bond acceptors (Lipinski definition) is 1. The fraction of sp³-hybridized carbons (Fsp3) is 0.385. The predicted octanol–water partition coefficient (Wildman–Crippen LogP) is 2.51. The van der Waals surface area contributed by atoms with Gasteiger partial charge in [0.25, 0.3) is 0 Å². The third-order valence-electron chi connectivity index (χ3n) is 3.38. The van der Waals surface area contributed by atoms with E-state index in [4.69, 9.17) is 0 Å². The molecule has 1 aromatic carbocycles. The summed E-state index contributed by atoms with van der Waals surface area (Å²) >= 11 is 0. The summed E-state index contributed by atoms with van der Waals surface area (Å²) in [6.07, 6.45) is 1.11. The fourth-order valence-corrected chi connectivity index (χ4v) is 2.50. The van der Waals surface area contributed by atoms with Crippen LogP contribution in [-0.2, 0) is 13.0 Å². The summed E-state index contributed by atoms with van der Waals surface area (Å²) in [6, 6.07) is 7.12. The Kier molecular flexibility index (Phi) is 1.86. The van der Waals surface area contributed by atoms with Crippen LogP contribution >= 0.6 is 0 Å². The molecule has 0 amide bonds. The van der Waals surface area contributed by atoms with Crippen molar-refractivity contribution in [2.75, 3.05) is 0 Å². The molecule has 0 aliphatic carbocycles. The summed E-state index contributed by atoms with van der Waals surface area (Å²) in [5.41, 5.74) is 5.55. The summed E-state index contributed by atoms with van der Waals surface area (Å²) in [4.78, 5) is 3.57. The van der Waals surface area contributed by atoms with Crippen molar-refractivity contribution in [3.05, 3.63) is 35.0 Å². The Hall–Kier alpha value is -1.28. The van der Waals surface area contributed by atoms with Gasteiger partial charge < -0.3 is 10.3 Å². The van der Waals surface area contributed by atoms with E-state index in [9.17, 15) is 0 Å². The van der Waals surface area contributed by atoms with Crippen LogP contribution in [0.5, 0.6) is 0 Å². The molecule has 15 heavy (non-hydrogen) atoms. The summed E-state index contributed by atoms with van der Waals surface area (Å²) < 4.78 is 0. The van der Waals surface area contributed by atoms with Gasteiger partial charge in [-0.25, -0.2) is 0 Å². The van der Waals surface area contributed by atoms with Gasteiger partial charge in [-0.1, -0.05) is 18.2 Å². The van der Waals surface area contributed by atoms with Crippen molar-refractivity contribution in [3.8, 4) is 0 Å². The second-order valence-corrected chi connectivity index (χ2v) is 4.57. The van der Waals surface area contributed by atoms with Gasteiger partial charge in [-0.05, 0) is 25.0 Å². The van der Waals surface area contributed by atoms with Crippen LogP contribution < -0.4 is 5.32 Å². The van der Waals surface area contributed by atoms with E-state index >= 15 is 0 Å². The molecule has 1 aliphatic heterocycles. The summed E-state index contributed by atoms with van der Waals surface area (Å²) in [7, 11) is 0. The Bertz CT molecular complexity index is 510. The molecule has 1 unspecified atom stereocenters. The van der Waals surface area contributed by atoms with Gasteiger partial charge in [0.15, 0.2) is 0 Å². The first-order valence-corrected chi connectivity index (χ1v) is 5.58. The molecule has 78 valence electrons. The van der Waals surface area contributed by atoms with Gasteiger partial charge in [0.1, 0.15) is 0 Å². The first-order chi connectivity index (χ1) is 7.25. The molecule has 2 nitrogen and oxygen atoms in total. The minimum atomic E-state index is 0.589. The van der Waals surface area contributed by atoms with Gasteiger partial charge in [0, 0.05) is 35.6 Å². The number of aromatic nitrogens is 1. The van der Waals surface area contributed by atoms with Crippen molar-refractivity contribution >= 4 is 10.9 Å². The Labute approximate surface area is 89.7 Å². The smallest absolute Gasteiger partial charge is 0.0489 e. The van der Waals surface area contributed by atoms with Crippen LogP contribution in [0.2, 0.25) is 0 Å². The van der Waals surface area contributed by atoms with Crippen LogP contribution in [-0.4, -0.2) is 11.0 Å². The van der Waals surface area contributed by atoms with E-state index < -0.39 is 0 Å². The third kappa shape index (κ3) is 1.29. The zero-order valence-electron chi connectivity index (χ0n) is 9.22. The molecule has 0 saturated carbocycles. The average Bonchev–Trinajstić information content (AvgIpc) is 2.57. The third-order valence-corrected chi connectivity index (χ3v) is 3.38. The van der Waals surface area contributed by atoms with Crippen molar-refractivity contribution in [1.29, 1.82) is 0 Å². The highest BCUT2D eigenvalue weighted by molar-refractivity contribution is 5.87. The molecular weight excluding hydrogens is 184 g/mol. The lowest BCUT2D eigenvalue weighted by Gasteiger charge is -2.20. The second-order valence-electron chi connectivity index (χ2n) is 4.57. The monoisotopic (exact) mass is 200 g/mol. The van der Waals surface area contributed by atoms with Crippen molar-refractivity contribution in [2.24, 2.45) is 0 Å². The highest BCUT2D eigenvalue weighted by Crippen LogP contribution is 2.27. The maximum Gasteiger partial charge on any atom is 0.0489 e. The SMILES string of the molecule is Cc1cccc2c3c([nH]c12)CC(C)NC3. The zero-order chi connectivity index (χ0) is 10.4. The second kappa shape index (κ2) is 3.11.